The van der Waals surface area contributed by atoms with Crippen LogP contribution in [0.3, 0.4) is 0 Å². The SMILES string of the molecule is CN(C(=O)CSc1ccccc1C(=O)OCc1ccc(S(=O)(=O)N(C)C)o1)C1CCCCC1. The van der Waals surface area contributed by atoms with Crippen LogP contribution in [0.15, 0.2) is 50.8 Å². The van der Waals surface area contributed by atoms with E-state index in [1.165, 1.54) is 44.4 Å². The minimum absolute atomic E-state index is 0.0419. The molecular formula is C23H30N2O6S2. The molecule has 8 nitrogen and oxygen atoms in total. The number of furan rings is 1. The lowest BCUT2D eigenvalue weighted by Gasteiger charge is -2.31. The zero-order valence-corrected chi connectivity index (χ0v) is 20.8. The van der Waals surface area contributed by atoms with Crippen LogP contribution in [0.4, 0.5) is 0 Å². The van der Waals surface area contributed by atoms with Gasteiger partial charge < -0.3 is 14.1 Å². The Balaban J connectivity index is 1.59. The van der Waals surface area contributed by atoms with Crippen molar-refractivity contribution in [1.29, 1.82) is 0 Å². The second-order valence-electron chi connectivity index (χ2n) is 8.17. The van der Waals surface area contributed by atoms with Crippen LogP contribution >= 0.6 is 11.8 Å². The van der Waals surface area contributed by atoms with Crippen LogP contribution in [-0.4, -0.2) is 62.4 Å². The number of rotatable bonds is 9. The number of thioether (sulfide) groups is 1. The van der Waals surface area contributed by atoms with Crippen molar-refractivity contribution in [2.75, 3.05) is 26.9 Å². The Hall–Kier alpha value is -2.30. The zero-order chi connectivity index (χ0) is 24.0. The van der Waals surface area contributed by atoms with Gasteiger partial charge in [-0.3, -0.25) is 4.79 Å². The summed E-state index contributed by atoms with van der Waals surface area (Å²) in [5.74, 6) is -0.0700. The fourth-order valence-electron chi connectivity index (χ4n) is 3.64. The minimum atomic E-state index is -3.70. The monoisotopic (exact) mass is 494 g/mol. The summed E-state index contributed by atoms with van der Waals surface area (Å²) in [4.78, 5) is 27.8. The summed E-state index contributed by atoms with van der Waals surface area (Å²) in [7, 11) is 0.970. The predicted octanol–water partition coefficient (Wildman–Crippen LogP) is 3.77. The molecule has 10 heteroatoms. The first-order chi connectivity index (χ1) is 15.7. The van der Waals surface area contributed by atoms with Gasteiger partial charge in [0.25, 0.3) is 10.0 Å². The van der Waals surface area contributed by atoms with Crippen molar-refractivity contribution in [3.8, 4) is 0 Å². The highest BCUT2D eigenvalue weighted by atomic mass is 32.2. The summed E-state index contributed by atoms with van der Waals surface area (Å²) < 4.78 is 35.9. The molecule has 1 amide bonds. The van der Waals surface area contributed by atoms with E-state index in [1.807, 2.05) is 11.9 Å². The first-order valence-corrected chi connectivity index (χ1v) is 13.3. The van der Waals surface area contributed by atoms with E-state index in [4.69, 9.17) is 9.15 Å². The predicted molar refractivity (Wildman–Crippen MR) is 126 cm³/mol. The fraction of sp³-hybridized carbons (Fsp3) is 0.478. The highest BCUT2D eigenvalue weighted by molar-refractivity contribution is 8.00. The highest BCUT2D eigenvalue weighted by Gasteiger charge is 2.24. The van der Waals surface area contributed by atoms with Gasteiger partial charge in [0.15, 0.2) is 0 Å². The van der Waals surface area contributed by atoms with Crippen molar-refractivity contribution in [3.63, 3.8) is 0 Å². The normalized spacial score (nSPS) is 14.9. The number of ether oxygens (including phenoxy) is 1. The molecule has 0 atom stereocenters. The molecule has 0 radical (unpaired) electrons. The largest absolute Gasteiger partial charge is 0.454 e. The first-order valence-electron chi connectivity index (χ1n) is 10.9. The molecule has 180 valence electrons. The molecule has 2 aromatic rings. The van der Waals surface area contributed by atoms with Crippen molar-refractivity contribution in [2.45, 2.75) is 54.7 Å². The Bertz CT molecular complexity index is 1070. The molecule has 0 saturated heterocycles. The maximum Gasteiger partial charge on any atom is 0.339 e. The van der Waals surface area contributed by atoms with E-state index >= 15 is 0 Å². The molecule has 1 aromatic carbocycles. The van der Waals surface area contributed by atoms with E-state index < -0.39 is 16.0 Å². The van der Waals surface area contributed by atoms with E-state index in [1.54, 1.807) is 24.3 Å². The summed E-state index contributed by atoms with van der Waals surface area (Å²) in [5.41, 5.74) is 0.350. The second-order valence-corrected chi connectivity index (χ2v) is 11.3. The standard InChI is InChI=1S/C23H30N2O6S2/c1-24(2)33(28,29)22-14-13-18(31-22)15-30-23(27)19-11-7-8-12-20(19)32-16-21(26)25(3)17-9-5-4-6-10-17/h7-8,11-14,17H,4-6,9-10,15-16H2,1-3H3. The molecule has 1 aromatic heterocycles. The van der Waals surface area contributed by atoms with Gasteiger partial charge in [0.05, 0.1) is 11.3 Å². The summed E-state index contributed by atoms with van der Waals surface area (Å²) in [6.45, 7) is -0.204. The molecule has 0 bridgehead atoms. The number of hydrogen-bond acceptors (Lipinski definition) is 7. The van der Waals surface area contributed by atoms with E-state index in [9.17, 15) is 18.0 Å². The lowest BCUT2D eigenvalue weighted by molar-refractivity contribution is -0.129. The van der Waals surface area contributed by atoms with E-state index in [0.717, 1.165) is 30.0 Å². The lowest BCUT2D eigenvalue weighted by atomic mass is 9.94. The number of nitrogens with zero attached hydrogens (tertiary/aromatic N) is 2. The lowest BCUT2D eigenvalue weighted by Crippen LogP contribution is -2.39. The van der Waals surface area contributed by atoms with Crippen molar-refractivity contribution in [3.05, 3.63) is 47.7 Å². The Morgan fingerprint density at radius 2 is 1.76 bits per heavy atom. The summed E-state index contributed by atoms with van der Waals surface area (Å²) in [6.07, 6.45) is 5.62. The van der Waals surface area contributed by atoms with Gasteiger partial charge in [0.1, 0.15) is 12.4 Å². The van der Waals surface area contributed by atoms with E-state index in [0.29, 0.717) is 16.5 Å². The van der Waals surface area contributed by atoms with Crippen LogP contribution in [0.25, 0.3) is 0 Å². The van der Waals surface area contributed by atoms with Crippen LogP contribution < -0.4 is 0 Å². The van der Waals surface area contributed by atoms with Crippen LogP contribution in [0.2, 0.25) is 0 Å². The third kappa shape index (κ3) is 6.39. The maximum atomic E-state index is 12.7. The molecule has 1 aliphatic rings. The molecule has 0 N–H and O–H groups in total. The topological polar surface area (TPSA) is 97.1 Å². The van der Waals surface area contributed by atoms with Crippen LogP contribution in [0.1, 0.15) is 48.2 Å². The molecule has 3 rings (SSSR count). The van der Waals surface area contributed by atoms with Gasteiger partial charge in [-0.1, -0.05) is 31.4 Å². The average Bonchev–Trinajstić information content (AvgIpc) is 3.31. The quantitative estimate of drug-likeness (QED) is 0.387. The highest BCUT2D eigenvalue weighted by Crippen LogP contribution is 2.26. The first kappa shape index (κ1) is 25.3. The van der Waals surface area contributed by atoms with Crippen LogP contribution in [-0.2, 0) is 26.2 Å². The molecule has 0 spiro atoms. The third-order valence-corrected chi connectivity index (χ3v) is 8.44. The number of carbonyl (C=O) groups is 2. The van der Waals surface area contributed by atoms with Gasteiger partial charge in [-0.25, -0.2) is 17.5 Å². The maximum absolute atomic E-state index is 12.7. The smallest absolute Gasteiger partial charge is 0.339 e. The summed E-state index contributed by atoms with van der Waals surface area (Å²) >= 11 is 1.31. The van der Waals surface area contributed by atoms with Gasteiger partial charge >= 0.3 is 5.97 Å². The molecule has 1 heterocycles. The number of benzene rings is 1. The Kier molecular flexibility index (Phi) is 8.61. The summed E-state index contributed by atoms with van der Waals surface area (Å²) in [5, 5.41) is -0.213. The minimum Gasteiger partial charge on any atom is -0.454 e. The Morgan fingerprint density at radius 1 is 1.06 bits per heavy atom. The molecule has 1 saturated carbocycles. The molecule has 1 aliphatic carbocycles. The molecule has 1 fully saturated rings. The van der Waals surface area contributed by atoms with Crippen LogP contribution in [0.5, 0.6) is 0 Å². The van der Waals surface area contributed by atoms with E-state index in [2.05, 4.69) is 0 Å². The van der Waals surface area contributed by atoms with Crippen molar-refractivity contribution < 1.29 is 27.2 Å². The number of amides is 1. The Labute approximate surface area is 199 Å². The number of sulfonamides is 1. The third-order valence-electron chi connectivity index (χ3n) is 5.69. The fourth-order valence-corrected chi connectivity index (χ4v) is 5.42. The van der Waals surface area contributed by atoms with Crippen molar-refractivity contribution in [1.82, 2.24) is 9.21 Å². The van der Waals surface area contributed by atoms with E-state index in [-0.39, 0.29) is 29.1 Å². The van der Waals surface area contributed by atoms with Gasteiger partial charge in [-0.15, -0.1) is 11.8 Å². The van der Waals surface area contributed by atoms with Crippen molar-refractivity contribution >= 4 is 33.7 Å². The van der Waals surface area contributed by atoms with Gasteiger partial charge in [0.2, 0.25) is 11.0 Å². The van der Waals surface area contributed by atoms with Gasteiger partial charge in [-0.05, 0) is 37.1 Å². The molecule has 33 heavy (non-hydrogen) atoms. The number of hydrogen-bond donors (Lipinski definition) is 0. The average molecular weight is 495 g/mol. The van der Waals surface area contributed by atoms with Crippen molar-refractivity contribution in [2.24, 2.45) is 0 Å². The number of carbonyl (C=O) groups excluding carboxylic acids is 2. The molecule has 0 aliphatic heterocycles. The number of esters is 1. The zero-order valence-electron chi connectivity index (χ0n) is 19.2. The summed E-state index contributed by atoms with van der Waals surface area (Å²) in [6, 6.07) is 10.0. The molecular weight excluding hydrogens is 464 g/mol. The Morgan fingerprint density at radius 3 is 2.45 bits per heavy atom. The molecule has 0 unspecified atom stereocenters. The van der Waals surface area contributed by atoms with Gasteiger partial charge in [-0.2, -0.15) is 0 Å². The second kappa shape index (κ2) is 11.2. The van der Waals surface area contributed by atoms with Gasteiger partial charge in [0, 0.05) is 32.1 Å². The van der Waals surface area contributed by atoms with Crippen LogP contribution in [0, 0.1) is 0 Å².